The van der Waals surface area contributed by atoms with E-state index in [-0.39, 0.29) is 0 Å². The van der Waals surface area contributed by atoms with Gasteiger partial charge in [-0.1, -0.05) is 0 Å². The minimum Gasteiger partial charge on any atom is -0.317 e. The Bertz CT molecular complexity index is 303. The summed E-state index contributed by atoms with van der Waals surface area (Å²) in [5.41, 5.74) is 0.702. The van der Waals surface area contributed by atoms with E-state index in [9.17, 15) is 4.39 Å². The van der Waals surface area contributed by atoms with Crippen LogP contribution in [0, 0.1) is 5.92 Å². The summed E-state index contributed by atoms with van der Waals surface area (Å²) in [6, 6.07) is 1.77. The van der Waals surface area contributed by atoms with Crippen molar-refractivity contribution in [3.05, 3.63) is 18.0 Å². The van der Waals surface area contributed by atoms with E-state index in [4.69, 9.17) is 0 Å². The molecule has 0 aromatic carbocycles. The molecule has 0 aliphatic carbocycles. The Hall–Kier alpha value is -0.900. The van der Waals surface area contributed by atoms with Crippen molar-refractivity contribution in [3.8, 4) is 0 Å². The number of aromatic nitrogens is 2. The van der Waals surface area contributed by atoms with Crippen LogP contribution in [-0.2, 0) is 6.54 Å². The highest BCUT2D eigenvalue weighted by Gasteiger charge is 2.17. The van der Waals surface area contributed by atoms with Crippen LogP contribution in [-0.4, -0.2) is 22.9 Å². The number of hydrogen-bond donors (Lipinski definition) is 1. The van der Waals surface area contributed by atoms with Gasteiger partial charge in [-0.05, 0) is 44.8 Å². The second kappa shape index (κ2) is 4.75. The van der Waals surface area contributed by atoms with Gasteiger partial charge in [0.05, 0.1) is 5.69 Å². The molecule has 1 fully saturated rings. The maximum atomic E-state index is 13.2. The molecule has 3 nitrogen and oxygen atoms in total. The van der Waals surface area contributed by atoms with E-state index in [0.29, 0.717) is 11.6 Å². The first-order valence-electron chi connectivity index (χ1n) is 5.64. The number of rotatable bonds is 3. The van der Waals surface area contributed by atoms with Crippen LogP contribution in [0.2, 0.25) is 0 Å². The molecule has 15 heavy (non-hydrogen) atoms. The van der Waals surface area contributed by atoms with E-state index < -0.39 is 6.17 Å². The third-order valence-corrected chi connectivity index (χ3v) is 3.05. The molecule has 1 aromatic rings. The third kappa shape index (κ3) is 2.56. The second-order valence-corrected chi connectivity index (χ2v) is 4.25. The van der Waals surface area contributed by atoms with Gasteiger partial charge < -0.3 is 5.32 Å². The molecule has 1 aliphatic heterocycles. The number of halogens is 1. The molecule has 0 radical (unpaired) electrons. The van der Waals surface area contributed by atoms with Crippen molar-refractivity contribution in [2.75, 3.05) is 13.1 Å². The summed E-state index contributed by atoms with van der Waals surface area (Å²) in [6.07, 6.45) is 3.10. The predicted octanol–water partition coefficient (Wildman–Crippen LogP) is 1.91. The largest absolute Gasteiger partial charge is 0.317 e. The molecular formula is C11H18FN3. The molecule has 4 heteroatoms. The lowest BCUT2D eigenvalue weighted by atomic mass is 9.98. The summed E-state index contributed by atoms with van der Waals surface area (Å²) in [4.78, 5) is 0. The molecule has 84 valence electrons. The topological polar surface area (TPSA) is 29.9 Å². The van der Waals surface area contributed by atoms with Gasteiger partial charge in [0.1, 0.15) is 6.17 Å². The number of nitrogens with zero attached hydrogens (tertiary/aromatic N) is 2. The fourth-order valence-corrected chi connectivity index (χ4v) is 2.14. The number of alkyl halides is 1. The lowest BCUT2D eigenvalue weighted by Gasteiger charge is -2.23. The summed E-state index contributed by atoms with van der Waals surface area (Å²) in [5, 5.41) is 7.52. The molecule has 2 heterocycles. The smallest absolute Gasteiger partial charge is 0.139 e. The van der Waals surface area contributed by atoms with Crippen LogP contribution in [0.25, 0.3) is 0 Å². The van der Waals surface area contributed by atoms with Crippen LogP contribution >= 0.6 is 0 Å². The van der Waals surface area contributed by atoms with Gasteiger partial charge in [-0.15, -0.1) is 0 Å². The van der Waals surface area contributed by atoms with Crippen molar-refractivity contribution >= 4 is 0 Å². The number of nitrogens with one attached hydrogen (secondary N) is 1. The second-order valence-electron chi connectivity index (χ2n) is 4.25. The highest BCUT2D eigenvalue weighted by Crippen LogP contribution is 2.19. The quantitative estimate of drug-likeness (QED) is 0.827. The molecule has 1 saturated heterocycles. The van der Waals surface area contributed by atoms with E-state index in [2.05, 4.69) is 10.4 Å². The number of hydrogen-bond acceptors (Lipinski definition) is 2. The number of piperidine rings is 1. The zero-order valence-corrected chi connectivity index (χ0v) is 9.12. The summed E-state index contributed by atoms with van der Waals surface area (Å²) >= 11 is 0. The Balaban J connectivity index is 1.99. The summed E-state index contributed by atoms with van der Waals surface area (Å²) < 4.78 is 15.0. The van der Waals surface area contributed by atoms with Gasteiger partial charge in [-0.3, -0.25) is 4.68 Å². The average molecular weight is 211 g/mol. The minimum absolute atomic E-state index is 0.642. The molecule has 1 atom stereocenters. The van der Waals surface area contributed by atoms with Gasteiger partial charge in [0, 0.05) is 12.7 Å². The molecule has 1 unspecified atom stereocenters. The lowest BCUT2D eigenvalue weighted by molar-refractivity contribution is 0.294. The van der Waals surface area contributed by atoms with Crippen LogP contribution in [0.1, 0.15) is 31.6 Å². The maximum Gasteiger partial charge on any atom is 0.139 e. The first kappa shape index (κ1) is 10.6. The Labute approximate surface area is 89.7 Å². The highest BCUT2D eigenvalue weighted by atomic mass is 19.1. The normalized spacial score (nSPS) is 20.4. The van der Waals surface area contributed by atoms with Crippen molar-refractivity contribution in [2.45, 2.75) is 32.5 Å². The first-order valence-corrected chi connectivity index (χ1v) is 5.64. The van der Waals surface area contributed by atoms with Gasteiger partial charge in [0.25, 0.3) is 0 Å². The van der Waals surface area contributed by atoms with Crippen LogP contribution in [0.3, 0.4) is 0 Å². The Kier molecular flexibility index (Phi) is 3.36. The Morgan fingerprint density at radius 2 is 2.33 bits per heavy atom. The molecule has 0 amide bonds. The van der Waals surface area contributed by atoms with E-state index in [0.717, 1.165) is 19.6 Å². The van der Waals surface area contributed by atoms with Gasteiger partial charge in [-0.2, -0.15) is 5.10 Å². The van der Waals surface area contributed by atoms with E-state index in [1.165, 1.54) is 12.8 Å². The van der Waals surface area contributed by atoms with Crippen LogP contribution < -0.4 is 5.32 Å². The lowest BCUT2D eigenvalue weighted by Crippen LogP contribution is -2.30. The minimum atomic E-state index is -0.922. The molecule has 1 aliphatic rings. The van der Waals surface area contributed by atoms with E-state index in [1.54, 1.807) is 19.2 Å². The van der Waals surface area contributed by atoms with Crippen molar-refractivity contribution in [1.29, 1.82) is 0 Å². The maximum absolute atomic E-state index is 13.2. The first-order chi connectivity index (χ1) is 7.27. The van der Waals surface area contributed by atoms with Crippen LogP contribution in [0.4, 0.5) is 4.39 Å². The molecular weight excluding hydrogens is 193 g/mol. The summed E-state index contributed by atoms with van der Waals surface area (Å²) in [7, 11) is 0. The van der Waals surface area contributed by atoms with Gasteiger partial charge in [-0.25, -0.2) is 4.39 Å². The van der Waals surface area contributed by atoms with Gasteiger partial charge >= 0.3 is 0 Å². The van der Waals surface area contributed by atoms with E-state index in [1.807, 2.05) is 4.68 Å². The standard InChI is InChI=1S/C11H18FN3/c1-9(12)11-4-7-14-15(11)8-10-2-5-13-6-3-10/h4,7,9-10,13H,2-3,5-6,8H2,1H3. The SMILES string of the molecule is CC(F)c1ccnn1CC1CCNCC1. The Morgan fingerprint density at radius 3 is 3.00 bits per heavy atom. The van der Waals surface area contributed by atoms with E-state index >= 15 is 0 Å². The molecule has 1 aromatic heterocycles. The molecule has 0 spiro atoms. The molecule has 0 bridgehead atoms. The predicted molar refractivity (Wildman–Crippen MR) is 57.3 cm³/mol. The average Bonchev–Trinajstić information content (AvgIpc) is 2.67. The van der Waals surface area contributed by atoms with Crippen LogP contribution in [0.15, 0.2) is 12.3 Å². The summed E-state index contributed by atoms with van der Waals surface area (Å²) in [5.74, 6) is 0.642. The van der Waals surface area contributed by atoms with Crippen molar-refractivity contribution in [1.82, 2.24) is 15.1 Å². The zero-order chi connectivity index (χ0) is 10.7. The zero-order valence-electron chi connectivity index (χ0n) is 9.12. The third-order valence-electron chi connectivity index (χ3n) is 3.05. The van der Waals surface area contributed by atoms with Crippen molar-refractivity contribution < 1.29 is 4.39 Å². The highest BCUT2D eigenvalue weighted by molar-refractivity contribution is 5.03. The van der Waals surface area contributed by atoms with Gasteiger partial charge in [0.15, 0.2) is 0 Å². The van der Waals surface area contributed by atoms with Crippen molar-refractivity contribution in [3.63, 3.8) is 0 Å². The monoisotopic (exact) mass is 211 g/mol. The fourth-order valence-electron chi connectivity index (χ4n) is 2.14. The van der Waals surface area contributed by atoms with Crippen molar-refractivity contribution in [2.24, 2.45) is 5.92 Å². The summed E-state index contributed by atoms with van der Waals surface area (Å²) in [6.45, 7) is 4.58. The molecule has 0 saturated carbocycles. The fraction of sp³-hybridized carbons (Fsp3) is 0.727. The Morgan fingerprint density at radius 1 is 1.60 bits per heavy atom. The molecule has 2 rings (SSSR count). The molecule has 1 N–H and O–H groups in total. The van der Waals surface area contributed by atoms with Crippen LogP contribution in [0.5, 0.6) is 0 Å². The van der Waals surface area contributed by atoms with Gasteiger partial charge in [0.2, 0.25) is 0 Å².